The minimum atomic E-state index is -4.42. The lowest BCUT2D eigenvalue weighted by molar-refractivity contribution is 0.469. The Hall–Kier alpha value is -1.99. The van der Waals surface area contributed by atoms with E-state index in [0.29, 0.717) is 0 Å². The molecule has 2 aromatic rings. The molecular formula is C10H9NO5S. The van der Waals surface area contributed by atoms with Crippen LogP contribution in [0.2, 0.25) is 0 Å². The first-order valence-electron chi connectivity index (χ1n) is 4.52. The average Bonchev–Trinajstić information content (AvgIpc) is 2.13. The molecule has 0 fully saturated rings. The second-order valence-electron chi connectivity index (χ2n) is 3.55. The minimum Gasteiger partial charge on any atom is -0.508 e. The van der Waals surface area contributed by atoms with E-state index in [2.05, 4.69) is 0 Å². The first kappa shape index (κ1) is 11.5. The molecule has 90 valence electrons. The zero-order valence-electron chi connectivity index (χ0n) is 8.45. The predicted molar refractivity (Wildman–Crippen MR) is 61.5 cm³/mol. The molecular weight excluding hydrogens is 246 g/mol. The summed E-state index contributed by atoms with van der Waals surface area (Å²) in [6.07, 6.45) is 0. The maximum absolute atomic E-state index is 10.9. The van der Waals surface area contributed by atoms with Crippen LogP contribution in [-0.2, 0) is 10.1 Å². The third-order valence-electron chi connectivity index (χ3n) is 2.31. The molecule has 0 aliphatic rings. The van der Waals surface area contributed by atoms with Crippen molar-refractivity contribution in [1.82, 2.24) is 0 Å². The Labute approximate surface area is 96.7 Å². The van der Waals surface area contributed by atoms with Crippen LogP contribution in [0.4, 0.5) is 5.69 Å². The first-order valence-corrected chi connectivity index (χ1v) is 5.96. The van der Waals surface area contributed by atoms with Gasteiger partial charge >= 0.3 is 0 Å². The van der Waals surface area contributed by atoms with Gasteiger partial charge in [-0.3, -0.25) is 4.55 Å². The van der Waals surface area contributed by atoms with Crippen LogP contribution in [0.25, 0.3) is 10.8 Å². The molecule has 6 nitrogen and oxygen atoms in total. The molecule has 0 aromatic heterocycles. The van der Waals surface area contributed by atoms with Crippen LogP contribution >= 0.6 is 0 Å². The fraction of sp³-hybridized carbons (Fsp3) is 0. The molecule has 0 radical (unpaired) electrons. The first-order chi connectivity index (χ1) is 7.79. The van der Waals surface area contributed by atoms with E-state index >= 15 is 0 Å². The fourth-order valence-electron chi connectivity index (χ4n) is 1.63. The number of fused-ring (bicyclic) bond motifs is 1. The molecule has 0 aliphatic heterocycles. The monoisotopic (exact) mass is 255 g/mol. The second kappa shape index (κ2) is 3.51. The molecule has 0 saturated heterocycles. The Kier molecular flexibility index (Phi) is 2.37. The van der Waals surface area contributed by atoms with Gasteiger partial charge in [0.1, 0.15) is 11.5 Å². The number of aromatic hydroxyl groups is 2. The van der Waals surface area contributed by atoms with E-state index in [9.17, 15) is 18.6 Å². The molecule has 0 bridgehead atoms. The summed E-state index contributed by atoms with van der Waals surface area (Å²) in [6, 6.07) is 4.47. The maximum atomic E-state index is 10.9. The molecule has 0 aliphatic carbocycles. The van der Waals surface area contributed by atoms with E-state index in [-0.39, 0.29) is 28.0 Å². The number of phenols is 2. The molecule has 0 amide bonds. The average molecular weight is 255 g/mol. The zero-order valence-corrected chi connectivity index (χ0v) is 9.27. The largest absolute Gasteiger partial charge is 0.508 e. The number of benzene rings is 2. The van der Waals surface area contributed by atoms with Gasteiger partial charge in [0.15, 0.2) is 0 Å². The molecule has 0 atom stereocenters. The minimum absolute atomic E-state index is 0.111. The second-order valence-corrected chi connectivity index (χ2v) is 4.97. The Balaban J connectivity index is 2.92. The standard InChI is InChI=1S/C10H9NO5S/c11-8-3-6(12)1-5-2-7(17(14,15)16)4-9(13)10(5)8/h1-4,12-13H,11H2,(H,14,15,16). The molecule has 0 heterocycles. The van der Waals surface area contributed by atoms with Crippen LogP contribution in [0.1, 0.15) is 0 Å². The van der Waals surface area contributed by atoms with Gasteiger partial charge in [0.25, 0.3) is 10.1 Å². The smallest absolute Gasteiger partial charge is 0.294 e. The van der Waals surface area contributed by atoms with Gasteiger partial charge < -0.3 is 15.9 Å². The van der Waals surface area contributed by atoms with Gasteiger partial charge in [-0.1, -0.05) is 0 Å². The molecule has 0 unspecified atom stereocenters. The highest BCUT2D eigenvalue weighted by atomic mass is 32.2. The normalized spacial score (nSPS) is 11.8. The molecule has 7 heteroatoms. The van der Waals surface area contributed by atoms with Gasteiger partial charge in [-0.15, -0.1) is 0 Å². The number of nitrogens with two attached hydrogens (primary N) is 1. The van der Waals surface area contributed by atoms with E-state index in [1.807, 2.05) is 0 Å². The third-order valence-corrected chi connectivity index (χ3v) is 3.15. The van der Waals surface area contributed by atoms with Crippen molar-refractivity contribution in [3.63, 3.8) is 0 Å². The van der Waals surface area contributed by atoms with E-state index in [4.69, 9.17) is 10.3 Å². The van der Waals surface area contributed by atoms with Crippen molar-refractivity contribution in [3.05, 3.63) is 24.3 Å². The summed E-state index contributed by atoms with van der Waals surface area (Å²) in [4.78, 5) is -0.465. The number of phenolic OH excluding ortho intramolecular Hbond substituents is 2. The van der Waals surface area contributed by atoms with Crippen molar-refractivity contribution in [2.45, 2.75) is 4.90 Å². The topological polar surface area (TPSA) is 121 Å². The predicted octanol–water partition coefficient (Wildman–Crippen LogP) is 1.08. The summed E-state index contributed by atoms with van der Waals surface area (Å²) >= 11 is 0. The highest BCUT2D eigenvalue weighted by Crippen LogP contribution is 2.35. The van der Waals surface area contributed by atoms with Crippen LogP contribution in [0.3, 0.4) is 0 Å². The number of anilines is 1. The summed E-state index contributed by atoms with van der Waals surface area (Å²) in [5.74, 6) is -0.547. The Morgan fingerprint density at radius 1 is 1.06 bits per heavy atom. The van der Waals surface area contributed by atoms with Gasteiger partial charge in [-0.25, -0.2) is 0 Å². The van der Waals surface area contributed by atoms with Gasteiger partial charge in [-0.2, -0.15) is 8.42 Å². The Morgan fingerprint density at radius 2 is 1.71 bits per heavy atom. The van der Waals surface area contributed by atoms with Crippen LogP contribution in [0.5, 0.6) is 11.5 Å². The lowest BCUT2D eigenvalue weighted by atomic mass is 10.1. The van der Waals surface area contributed by atoms with E-state index < -0.39 is 15.0 Å². The lowest BCUT2D eigenvalue weighted by Gasteiger charge is -2.07. The lowest BCUT2D eigenvalue weighted by Crippen LogP contribution is -1.98. The van der Waals surface area contributed by atoms with E-state index in [1.54, 1.807) is 0 Å². The Bertz CT molecular complexity index is 708. The summed E-state index contributed by atoms with van der Waals surface area (Å²) in [5.41, 5.74) is 5.70. The number of hydrogen-bond donors (Lipinski definition) is 4. The fourth-order valence-corrected chi connectivity index (χ4v) is 2.17. The van der Waals surface area contributed by atoms with Crippen molar-refractivity contribution < 1.29 is 23.2 Å². The Morgan fingerprint density at radius 3 is 2.29 bits per heavy atom. The summed E-state index contributed by atoms with van der Waals surface area (Å²) in [6.45, 7) is 0. The quantitative estimate of drug-likeness (QED) is 0.447. The van der Waals surface area contributed by atoms with Crippen LogP contribution < -0.4 is 5.73 Å². The molecule has 0 saturated carbocycles. The summed E-state index contributed by atoms with van der Waals surface area (Å²) in [5, 5.41) is 19.4. The van der Waals surface area contributed by atoms with Crippen molar-refractivity contribution in [1.29, 1.82) is 0 Å². The van der Waals surface area contributed by atoms with E-state index in [1.165, 1.54) is 12.1 Å². The maximum Gasteiger partial charge on any atom is 0.294 e. The van der Waals surface area contributed by atoms with Crippen LogP contribution in [-0.4, -0.2) is 23.2 Å². The molecule has 0 spiro atoms. The van der Waals surface area contributed by atoms with Gasteiger partial charge in [0.2, 0.25) is 0 Å². The SMILES string of the molecule is Nc1cc(O)cc2cc(S(=O)(=O)O)cc(O)c12. The van der Waals surface area contributed by atoms with Gasteiger partial charge in [-0.05, 0) is 17.5 Å². The number of nitrogen functional groups attached to an aromatic ring is 1. The molecule has 2 rings (SSSR count). The van der Waals surface area contributed by atoms with Crippen molar-refractivity contribution in [2.24, 2.45) is 0 Å². The number of hydrogen-bond acceptors (Lipinski definition) is 5. The third kappa shape index (κ3) is 1.97. The van der Waals surface area contributed by atoms with Crippen LogP contribution in [0, 0.1) is 0 Å². The van der Waals surface area contributed by atoms with E-state index in [0.717, 1.165) is 12.1 Å². The highest BCUT2D eigenvalue weighted by Gasteiger charge is 2.15. The molecule has 2 aromatic carbocycles. The van der Waals surface area contributed by atoms with Crippen molar-refractivity contribution >= 4 is 26.6 Å². The highest BCUT2D eigenvalue weighted by molar-refractivity contribution is 7.85. The molecule has 5 N–H and O–H groups in total. The van der Waals surface area contributed by atoms with Crippen LogP contribution in [0.15, 0.2) is 29.2 Å². The summed E-state index contributed by atoms with van der Waals surface area (Å²) < 4.78 is 30.8. The molecule has 17 heavy (non-hydrogen) atoms. The van der Waals surface area contributed by atoms with Gasteiger partial charge in [0.05, 0.1) is 4.90 Å². The van der Waals surface area contributed by atoms with Gasteiger partial charge in [0, 0.05) is 23.2 Å². The van der Waals surface area contributed by atoms with Crippen molar-refractivity contribution in [2.75, 3.05) is 5.73 Å². The van der Waals surface area contributed by atoms with Crippen molar-refractivity contribution in [3.8, 4) is 11.5 Å². The zero-order chi connectivity index (χ0) is 12.8. The number of rotatable bonds is 1. The summed E-state index contributed by atoms with van der Waals surface area (Å²) in [7, 11) is -4.42.